The van der Waals surface area contributed by atoms with Crippen LogP contribution < -0.4 is 4.74 Å². The number of nitrogens with zero attached hydrogens (tertiary/aromatic N) is 1. The normalized spacial score (nSPS) is 21.5. The first kappa shape index (κ1) is 12.9. The molecule has 0 heterocycles. The van der Waals surface area contributed by atoms with Gasteiger partial charge in [0.2, 0.25) is 5.91 Å². The topological polar surface area (TPSA) is 49.8 Å². The van der Waals surface area contributed by atoms with Crippen LogP contribution in [0.3, 0.4) is 0 Å². The van der Waals surface area contributed by atoms with Crippen molar-refractivity contribution < 1.29 is 14.7 Å². The van der Waals surface area contributed by atoms with Crippen molar-refractivity contribution in [3.05, 3.63) is 29.8 Å². The van der Waals surface area contributed by atoms with Gasteiger partial charge in [-0.15, -0.1) is 0 Å². The number of amides is 1. The minimum Gasteiger partial charge on any atom is -0.497 e. The van der Waals surface area contributed by atoms with Crippen molar-refractivity contribution in [3.63, 3.8) is 0 Å². The summed E-state index contributed by atoms with van der Waals surface area (Å²) in [6, 6.07) is 8.12. The fourth-order valence-electron chi connectivity index (χ4n) is 2.27. The number of methoxy groups -OCH3 is 1. The molecule has 2 unspecified atom stereocenters. The number of carbonyl (C=O) groups excluding carboxylic acids is 1. The van der Waals surface area contributed by atoms with E-state index in [-0.39, 0.29) is 5.91 Å². The summed E-state index contributed by atoms with van der Waals surface area (Å²) in [6.07, 6.45) is 1.99. The standard InChI is InChI=1S/C14H19NO3/c1-10(16)15(17)8-7-12-9-14(12)11-3-5-13(18-2)6-4-11/h3-6,12,14,17H,7-9H2,1-2H3. The third kappa shape index (κ3) is 3.01. The van der Waals surface area contributed by atoms with Gasteiger partial charge in [-0.1, -0.05) is 12.1 Å². The van der Waals surface area contributed by atoms with Gasteiger partial charge in [0, 0.05) is 13.5 Å². The fraction of sp³-hybridized carbons (Fsp3) is 0.500. The van der Waals surface area contributed by atoms with Crippen LogP contribution in [0.1, 0.15) is 31.2 Å². The maximum absolute atomic E-state index is 10.9. The van der Waals surface area contributed by atoms with Gasteiger partial charge in [0.25, 0.3) is 0 Å². The fourth-order valence-corrected chi connectivity index (χ4v) is 2.27. The molecule has 1 amide bonds. The lowest BCUT2D eigenvalue weighted by molar-refractivity contribution is -0.163. The largest absolute Gasteiger partial charge is 0.497 e. The summed E-state index contributed by atoms with van der Waals surface area (Å²) in [4.78, 5) is 10.9. The minimum atomic E-state index is -0.295. The second-order valence-corrected chi connectivity index (χ2v) is 4.81. The van der Waals surface area contributed by atoms with Crippen molar-refractivity contribution in [1.82, 2.24) is 5.06 Å². The highest BCUT2D eigenvalue weighted by molar-refractivity contribution is 5.71. The molecule has 1 aliphatic carbocycles. The highest BCUT2D eigenvalue weighted by atomic mass is 16.5. The molecule has 0 radical (unpaired) electrons. The highest BCUT2D eigenvalue weighted by Gasteiger charge is 2.37. The van der Waals surface area contributed by atoms with Crippen molar-refractivity contribution in [3.8, 4) is 5.75 Å². The van der Waals surface area contributed by atoms with E-state index in [0.717, 1.165) is 23.7 Å². The first-order valence-corrected chi connectivity index (χ1v) is 6.22. The maximum Gasteiger partial charge on any atom is 0.242 e. The van der Waals surface area contributed by atoms with Crippen molar-refractivity contribution >= 4 is 5.91 Å². The Labute approximate surface area is 107 Å². The van der Waals surface area contributed by atoms with Gasteiger partial charge < -0.3 is 4.74 Å². The summed E-state index contributed by atoms with van der Waals surface area (Å²) >= 11 is 0. The Morgan fingerprint density at radius 1 is 1.44 bits per heavy atom. The molecule has 4 heteroatoms. The minimum absolute atomic E-state index is 0.295. The Morgan fingerprint density at radius 3 is 2.67 bits per heavy atom. The molecule has 1 aromatic rings. The Kier molecular flexibility index (Phi) is 3.87. The summed E-state index contributed by atoms with van der Waals surface area (Å²) in [5, 5.41) is 10.1. The average molecular weight is 249 g/mol. The number of ether oxygens (including phenoxy) is 1. The molecular weight excluding hydrogens is 230 g/mol. The number of hydroxylamine groups is 2. The number of benzene rings is 1. The van der Waals surface area contributed by atoms with Crippen molar-refractivity contribution in [1.29, 1.82) is 0 Å². The predicted molar refractivity (Wildman–Crippen MR) is 67.6 cm³/mol. The van der Waals surface area contributed by atoms with Gasteiger partial charge in [-0.3, -0.25) is 10.0 Å². The predicted octanol–water partition coefficient (Wildman–Crippen LogP) is 2.43. The van der Waals surface area contributed by atoms with Crippen molar-refractivity contribution in [2.24, 2.45) is 5.92 Å². The molecule has 1 aliphatic rings. The van der Waals surface area contributed by atoms with Crippen LogP contribution >= 0.6 is 0 Å². The van der Waals surface area contributed by atoms with E-state index in [1.54, 1.807) is 7.11 Å². The van der Waals surface area contributed by atoms with E-state index in [9.17, 15) is 10.0 Å². The molecule has 18 heavy (non-hydrogen) atoms. The molecule has 2 atom stereocenters. The maximum atomic E-state index is 10.9. The van der Waals surface area contributed by atoms with Crippen LogP contribution in [-0.2, 0) is 4.79 Å². The zero-order valence-corrected chi connectivity index (χ0v) is 10.8. The van der Waals surface area contributed by atoms with Crippen LogP contribution in [0.25, 0.3) is 0 Å². The van der Waals surface area contributed by atoms with Gasteiger partial charge in [0.15, 0.2) is 0 Å². The smallest absolute Gasteiger partial charge is 0.242 e. The lowest BCUT2D eigenvalue weighted by atomic mass is 10.1. The number of hydrogen-bond donors (Lipinski definition) is 1. The Hall–Kier alpha value is -1.55. The average Bonchev–Trinajstić information content (AvgIpc) is 3.15. The first-order chi connectivity index (χ1) is 8.61. The molecule has 98 valence electrons. The summed E-state index contributed by atoms with van der Waals surface area (Å²) in [6.45, 7) is 1.79. The zero-order valence-electron chi connectivity index (χ0n) is 10.8. The molecule has 0 aromatic heterocycles. The second kappa shape index (κ2) is 5.40. The van der Waals surface area contributed by atoms with Gasteiger partial charge in [-0.05, 0) is 42.4 Å². The molecule has 1 N–H and O–H groups in total. The summed E-state index contributed by atoms with van der Waals surface area (Å²) in [5.41, 5.74) is 1.31. The van der Waals surface area contributed by atoms with Crippen LogP contribution in [0.2, 0.25) is 0 Å². The summed E-state index contributed by atoms with van der Waals surface area (Å²) in [5.74, 6) is 1.72. The van der Waals surface area contributed by atoms with E-state index in [1.807, 2.05) is 12.1 Å². The van der Waals surface area contributed by atoms with E-state index in [4.69, 9.17) is 4.74 Å². The Bertz CT molecular complexity index is 416. The molecule has 0 saturated heterocycles. The molecule has 4 nitrogen and oxygen atoms in total. The molecule has 0 bridgehead atoms. The summed E-state index contributed by atoms with van der Waals surface area (Å²) < 4.78 is 5.12. The number of hydrogen-bond acceptors (Lipinski definition) is 3. The van der Waals surface area contributed by atoms with Gasteiger partial charge in [-0.2, -0.15) is 0 Å². The van der Waals surface area contributed by atoms with Gasteiger partial charge in [-0.25, -0.2) is 5.06 Å². The van der Waals surface area contributed by atoms with Crippen LogP contribution in [0.5, 0.6) is 5.75 Å². The molecule has 1 saturated carbocycles. The lowest BCUT2D eigenvalue weighted by Crippen LogP contribution is -2.25. The SMILES string of the molecule is COc1ccc(C2CC2CCN(O)C(C)=O)cc1. The van der Waals surface area contributed by atoms with Crippen molar-refractivity contribution in [2.75, 3.05) is 13.7 Å². The first-order valence-electron chi connectivity index (χ1n) is 6.22. The lowest BCUT2D eigenvalue weighted by Gasteiger charge is -2.11. The van der Waals surface area contributed by atoms with Gasteiger partial charge in [0.05, 0.1) is 7.11 Å². The second-order valence-electron chi connectivity index (χ2n) is 4.81. The molecule has 0 aliphatic heterocycles. The number of rotatable bonds is 5. The van der Waals surface area contributed by atoms with E-state index >= 15 is 0 Å². The summed E-state index contributed by atoms with van der Waals surface area (Å²) in [7, 11) is 1.66. The zero-order chi connectivity index (χ0) is 13.1. The van der Waals surface area contributed by atoms with Crippen LogP contribution in [0.4, 0.5) is 0 Å². The van der Waals surface area contributed by atoms with Crippen LogP contribution in [0.15, 0.2) is 24.3 Å². The number of carbonyl (C=O) groups is 1. The molecule has 0 spiro atoms. The molecule has 2 rings (SSSR count). The van der Waals surface area contributed by atoms with Crippen LogP contribution in [0, 0.1) is 5.92 Å². The van der Waals surface area contributed by atoms with E-state index in [1.165, 1.54) is 12.5 Å². The van der Waals surface area contributed by atoms with Crippen LogP contribution in [-0.4, -0.2) is 29.8 Å². The van der Waals surface area contributed by atoms with E-state index in [2.05, 4.69) is 12.1 Å². The van der Waals surface area contributed by atoms with Gasteiger partial charge >= 0.3 is 0 Å². The third-order valence-electron chi connectivity index (χ3n) is 3.54. The third-order valence-corrected chi connectivity index (χ3v) is 3.54. The van der Waals surface area contributed by atoms with Crippen molar-refractivity contribution in [2.45, 2.75) is 25.7 Å². The quantitative estimate of drug-likeness (QED) is 0.644. The monoisotopic (exact) mass is 249 g/mol. The Balaban J connectivity index is 1.81. The highest BCUT2D eigenvalue weighted by Crippen LogP contribution is 2.49. The van der Waals surface area contributed by atoms with E-state index < -0.39 is 0 Å². The Morgan fingerprint density at radius 2 is 2.11 bits per heavy atom. The van der Waals surface area contributed by atoms with Gasteiger partial charge in [0.1, 0.15) is 5.75 Å². The van der Waals surface area contributed by atoms with E-state index in [0.29, 0.717) is 18.4 Å². The molecule has 1 fully saturated rings. The molecule has 1 aromatic carbocycles. The molecular formula is C14H19NO3.